The van der Waals surface area contributed by atoms with Crippen LogP contribution in [0.4, 0.5) is 0 Å². The summed E-state index contributed by atoms with van der Waals surface area (Å²) in [5.74, 6) is 0. The third kappa shape index (κ3) is 2.11. The van der Waals surface area contributed by atoms with Crippen molar-refractivity contribution in [2.75, 3.05) is 0 Å². The highest BCUT2D eigenvalue weighted by Crippen LogP contribution is 2.24. The van der Waals surface area contributed by atoms with Crippen LogP contribution >= 0.6 is 0 Å². The summed E-state index contributed by atoms with van der Waals surface area (Å²) >= 11 is 0. The Hall–Kier alpha value is -2.18. The summed E-state index contributed by atoms with van der Waals surface area (Å²) in [4.78, 5) is 6.40. The Bertz CT molecular complexity index is 599. The van der Waals surface area contributed by atoms with Gasteiger partial charge in [-0.2, -0.15) is 5.26 Å². The number of fused-ring (bicyclic) bond motifs is 1. The van der Waals surface area contributed by atoms with E-state index < -0.39 is 0 Å². The van der Waals surface area contributed by atoms with Crippen molar-refractivity contribution in [3.63, 3.8) is 0 Å². The highest BCUT2D eigenvalue weighted by atomic mass is 15.1. The fourth-order valence-electron chi connectivity index (χ4n) is 2.39. The van der Waals surface area contributed by atoms with Crippen molar-refractivity contribution in [1.29, 1.82) is 5.26 Å². The second kappa shape index (κ2) is 4.59. The fourth-order valence-corrected chi connectivity index (χ4v) is 2.39. The zero-order valence-corrected chi connectivity index (χ0v) is 10.0. The number of aromatic nitrogens is 1. The Labute approximate surface area is 106 Å². The van der Waals surface area contributed by atoms with Crippen molar-refractivity contribution in [2.24, 2.45) is 0 Å². The Morgan fingerprint density at radius 2 is 1.89 bits per heavy atom. The molecular weight excluding hydrogens is 222 g/mol. The number of benzene rings is 1. The van der Waals surface area contributed by atoms with Gasteiger partial charge in [0, 0.05) is 32.0 Å². The molecule has 0 radical (unpaired) electrons. The SMILES string of the molecule is N#Cc1ccc2c(c1)CN(Cc1ccncc1)C2. The Morgan fingerprint density at radius 3 is 2.67 bits per heavy atom. The van der Waals surface area contributed by atoms with E-state index in [9.17, 15) is 0 Å². The molecule has 0 aliphatic carbocycles. The lowest BCUT2D eigenvalue weighted by atomic mass is 10.1. The van der Waals surface area contributed by atoms with Gasteiger partial charge in [-0.25, -0.2) is 0 Å². The molecule has 3 nitrogen and oxygen atoms in total. The molecule has 1 aliphatic rings. The largest absolute Gasteiger partial charge is 0.291 e. The first-order chi connectivity index (χ1) is 8.85. The van der Waals surface area contributed by atoms with Crippen LogP contribution in [0, 0.1) is 11.3 Å². The molecule has 0 unspecified atom stereocenters. The minimum Gasteiger partial charge on any atom is -0.291 e. The summed E-state index contributed by atoms with van der Waals surface area (Å²) < 4.78 is 0. The number of hydrogen-bond donors (Lipinski definition) is 0. The van der Waals surface area contributed by atoms with E-state index in [4.69, 9.17) is 5.26 Å². The zero-order chi connectivity index (χ0) is 12.4. The van der Waals surface area contributed by atoms with Gasteiger partial charge in [0.1, 0.15) is 0 Å². The van der Waals surface area contributed by atoms with Crippen LogP contribution in [-0.2, 0) is 19.6 Å². The summed E-state index contributed by atoms with van der Waals surface area (Å²) in [5, 5.41) is 8.90. The maximum Gasteiger partial charge on any atom is 0.0991 e. The van der Waals surface area contributed by atoms with Gasteiger partial charge in [-0.1, -0.05) is 6.07 Å². The normalized spacial score (nSPS) is 14.2. The third-order valence-corrected chi connectivity index (χ3v) is 3.28. The molecule has 1 aliphatic heterocycles. The lowest BCUT2D eigenvalue weighted by molar-refractivity contribution is 0.275. The van der Waals surface area contributed by atoms with E-state index in [1.165, 1.54) is 16.7 Å². The lowest BCUT2D eigenvalue weighted by Crippen LogP contribution is -2.15. The number of nitrogens with zero attached hydrogens (tertiary/aromatic N) is 3. The molecule has 2 heterocycles. The van der Waals surface area contributed by atoms with Crippen molar-refractivity contribution in [3.8, 4) is 6.07 Å². The molecule has 2 aromatic rings. The predicted octanol–water partition coefficient (Wildman–Crippen LogP) is 2.47. The van der Waals surface area contributed by atoms with E-state index in [1.54, 1.807) is 0 Å². The summed E-state index contributed by atoms with van der Waals surface area (Å²) in [5.41, 5.74) is 4.64. The van der Waals surface area contributed by atoms with Crippen molar-refractivity contribution in [3.05, 3.63) is 65.0 Å². The highest BCUT2D eigenvalue weighted by molar-refractivity contribution is 5.40. The number of rotatable bonds is 2. The van der Waals surface area contributed by atoms with Crippen LogP contribution in [0.15, 0.2) is 42.7 Å². The first-order valence-corrected chi connectivity index (χ1v) is 5.98. The van der Waals surface area contributed by atoms with Crippen LogP contribution < -0.4 is 0 Å². The Morgan fingerprint density at radius 1 is 1.11 bits per heavy atom. The van der Waals surface area contributed by atoms with Crippen molar-refractivity contribution >= 4 is 0 Å². The zero-order valence-electron chi connectivity index (χ0n) is 10.0. The second-order valence-corrected chi connectivity index (χ2v) is 4.60. The lowest BCUT2D eigenvalue weighted by Gasteiger charge is -2.14. The molecule has 0 saturated heterocycles. The molecule has 0 saturated carbocycles. The van der Waals surface area contributed by atoms with Gasteiger partial charge in [0.05, 0.1) is 11.6 Å². The van der Waals surface area contributed by atoms with Gasteiger partial charge in [-0.05, 0) is 41.0 Å². The van der Waals surface area contributed by atoms with Gasteiger partial charge in [0.2, 0.25) is 0 Å². The van der Waals surface area contributed by atoms with Crippen molar-refractivity contribution < 1.29 is 0 Å². The number of nitriles is 1. The molecule has 3 rings (SSSR count). The number of hydrogen-bond acceptors (Lipinski definition) is 3. The van der Waals surface area contributed by atoms with E-state index in [1.807, 2.05) is 36.7 Å². The summed E-state index contributed by atoms with van der Waals surface area (Å²) in [6, 6.07) is 12.3. The molecule has 1 aromatic carbocycles. The van der Waals surface area contributed by atoms with Gasteiger partial charge in [0.25, 0.3) is 0 Å². The first kappa shape index (κ1) is 10.9. The maximum absolute atomic E-state index is 8.90. The van der Waals surface area contributed by atoms with E-state index in [2.05, 4.69) is 22.0 Å². The van der Waals surface area contributed by atoms with Gasteiger partial charge in [-0.3, -0.25) is 9.88 Å². The van der Waals surface area contributed by atoms with Crippen LogP contribution in [-0.4, -0.2) is 9.88 Å². The molecule has 1 aromatic heterocycles. The van der Waals surface area contributed by atoms with E-state index in [-0.39, 0.29) is 0 Å². The number of pyridine rings is 1. The average Bonchev–Trinajstić information content (AvgIpc) is 2.80. The molecule has 0 atom stereocenters. The van der Waals surface area contributed by atoms with E-state index in [0.29, 0.717) is 0 Å². The quantitative estimate of drug-likeness (QED) is 0.802. The predicted molar refractivity (Wildman–Crippen MR) is 68.3 cm³/mol. The summed E-state index contributed by atoms with van der Waals surface area (Å²) in [6.07, 6.45) is 3.65. The van der Waals surface area contributed by atoms with Crippen molar-refractivity contribution in [1.82, 2.24) is 9.88 Å². The van der Waals surface area contributed by atoms with Crippen LogP contribution in [0.25, 0.3) is 0 Å². The Balaban J connectivity index is 1.75. The molecule has 0 bridgehead atoms. The van der Waals surface area contributed by atoms with Gasteiger partial charge >= 0.3 is 0 Å². The molecule has 0 N–H and O–H groups in total. The Kier molecular flexibility index (Phi) is 2.79. The molecular formula is C15H13N3. The molecule has 3 heteroatoms. The smallest absolute Gasteiger partial charge is 0.0991 e. The van der Waals surface area contributed by atoms with Crippen LogP contribution in [0.1, 0.15) is 22.3 Å². The monoisotopic (exact) mass is 235 g/mol. The van der Waals surface area contributed by atoms with Crippen molar-refractivity contribution in [2.45, 2.75) is 19.6 Å². The molecule has 88 valence electrons. The van der Waals surface area contributed by atoms with Crippen LogP contribution in [0.2, 0.25) is 0 Å². The van der Waals surface area contributed by atoms with Crippen LogP contribution in [0.3, 0.4) is 0 Å². The standard InChI is InChI=1S/C15H13N3/c16-8-13-1-2-14-10-18(11-15(14)7-13)9-12-3-5-17-6-4-12/h1-7H,9-11H2. The molecule has 0 spiro atoms. The first-order valence-electron chi connectivity index (χ1n) is 5.98. The maximum atomic E-state index is 8.90. The van der Waals surface area contributed by atoms with E-state index in [0.717, 1.165) is 25.2 Å². The molecule has 0 fully saturated rings. The average molecular weight is 235 g/mol. The topological polar surface area (TPSA) is 39.9 Å². The minimum atomic E-state index is 0.750. The van der Waals surface area contributed by atoms with Crippen LogP contribution in [0.5, 0.6) is 0 Å². The van der Waals surface area contributed by atoms with Gasteiger partial charge in [-0.15, -0.1) is 0 Å². The highest BCUT2D eigenvalue weighted by Gasteiger charge is 2.18. The second-order valence-electron chi connectivity index (χ2n) is 4.60. The fraction of sp³-hybridized carbons (Fsp3) is 0.200. The third-order valence-electron chi connectivity index (χ3n) is 3.28. The minimum absolute atomic E-state index is 0.750. The van der Waals surface area contributed by atoms with E-state index >= 15 is 0 Å². The molecule has 0 amide bonds. The molecule has 18 heavy (non-hydrogen) atoms. The summed E-state index contributed by atoms with van der Waals surface area (Å²) in [7, 11) is 0. The van der Waals surface area contributed by atoms with Gasteiger partial charge < -0.3 is 0 Å². The van der Waals surface area contributed by atoms with Gasteiger partial charge in [0.15, 0.2) is 0 Å². The summed E-state index contributed by atoms with van der Waals surface area (Å²) in [6.45, 7) is 2.82.